The number of carbonyl (C=O) groups excluding carboxylic acids is 1. The standard InChI is InChI=1S/C11H11N3O2.3C2H5.Sn/c1-7-10(11(15)16)8(2)14(13-7)9-5-3-4-6-12-9;3*1-2;/h3-6H,1-2H3,(H,15,16);3*1H2,2H3;/q;;;;+1/p-1. The van der Waals surface area contributed by atoms with Crippen LogP contribution < -0.4 is 0 Å². The van der Waals surface area contributed by atoms with Gasteiger partial charge >= 0.3 is 142 Å². The quantitative estimate of drug-likeness (QED) is 0.660. The second kappa shape index (κ2) is 7.47. The van der Waals surface area contributed by atoms with E-state index in [1.807, 2.05) is 32.0 Å². The topological polar surface area (TPSA) is 57.0 Å². The average molecular weight is 422 g/mol. The second-order valence-corrected chi connectivity index (χ2v) is 19.2. The number of nitrogens with zero attached hydrogens (tertiary/aromatic N) is 3. The molecule has 0 amide bonds. The molecule has 0 N–H and O–H groups in total. The van der Waals surface area contributed by atoms with E-state index in [9.17, 15) is 4.79 Å². The van der Waals surface area contributed by atoms with Crippen molar-refractivity contribution in [1.29, 1.82) is 0 Å². The Kier molecular flexibility index (Phi) is 5.83. The molecule has 0 aliphatic rings. The molecule has 0 unspecified atom stereocenters. The van der Waals surface area contributed by atoms with Gasteiger partial charge in [-0.25, -0.2) is 0 Å². The SMILES string of the molecule is C[CH2][Sn]([CH2]C)([CH2]C)[O]C(=O)c1c(C)nn(-c2ccccn2)c1C. The molecule has 124 valence electrons. The maximum atomic E-state index is 12.8. The Morgan fingerprint density at radius 1 is 1.17 bits per heavy atom. The van der Waals surface area contributed by atoms with Gasteiger partial charge in [0.15, 0.2) is 0 Å². The molecular weight excluding hydrogens is 397 g/mol. The summed E-state index contributed by atoms with van der Waals surface area (Å²) >= 11 is -2.79. The van der Waals surface area contributed by atoms with Gasteiger partial charge in [0.05, 0.1) is 0 Å². The van der Waals surface area contributed by atoms with Crippen LogP contribution in [0, 0.1) is 13.8 Å². The minimum absolute atomic E-state index is 0.205. The first-order valence-corrected chi connectivity index (χ1v) is 15.4. The summed E-state index contributed by atoms with van der Waals surface area (Å²) in [6.07, 6.45) is 1.72. The molecule has 2 rings (SSSR count). The van der Waals surface area contributed by atoms with Crippen molar-refractivity contribution in [2.45, 2.75) is 47.9 Å². The maximum absolute atomic E-state index is 12.8. The van der Waals surface area contributed by atoms with Gasteiger partial charge in [-0.2, -0.15) is 0 Å². The van der Waals surface area contributed by atoms with E-state index in [0.717, 1.165) is 19.0 Å². The predicted octanol–water partition coefficient (Wildman–Crippen LogP) is 4.05. The van der Waals surface area contributed by atoms with Crippen LogP contribution in [0.15, 0.2) is 24.4 Å². The number of rotatable bonds is 6. The molecule has 2 heterocycles. The van der Waals surface area contributed by atoms with E-state index in [1.54, 1.807) is 10.9 Å². The van der Waals surface area contributed by atoms with Crippen molar-refractivity contribution in [3.05, 3.63) is 41.3 Å². The van der Waals surface area contributed by atoms with Gasteiger partial charge in [0.1, 0.15) is 0 Å². The fourth-order valence-electron chi connectivity index (χ4n) is 2.85. The molecule has 23 heavy (non-hydrogen) atoms. The second-order valence-electron chi connectivity index (χ2n) is 5.78. The number of aromatic nitrogens is 3. The van der Waals surface area contributed by atoms with E-state index in [-0.39, 0.29) is 5.97 Å². The van der Waals surface area contributed by atoms with Crippen molar-refractivity contribution in [1.82, 2.24) is 14.8 Å². The number of carbonyl (C=O) groups is 1. The molecule has 0 aliphatic heterocycles. The molecule has 0 spiro atoms. The molecular formula is C17H25N3O2Sn. The van der Waals surface area contributed by atoms with E-state index in [4.69, 9.17) is 3.07 Å². The molecule has 6 heteroatoms. The van der Waals surface area contributed by atoms with Gasteiger partial charge in [-0.15, -0.1) is 0 Å². The fourth-order valence-corrected chi connectivity index (χ4v) is 9.79. The summed E-state index contributed by atoms with van der Waals surface area (Å²) in [5.74, 6) is 0.506. The molecule has 0 aliphatic carbocycles. The van der Waals surface area contributed by atoms with Crippen molar-refractivity contribution < 1.29 is 7.87 Å². The van der Waals surface area contributed by atoms with Crippen LogP contribution in [0.2, 0.25) is 13.3 Å². The van der Waals surface area contributed by atoms with Crippen LogP contribution in [0.4, 0.5) is 0 Å². The van der Waals surface area contributed by atoms with Crippen molar-refractivity contribution in [2.24, 2.45) is 0 Å². The van der Waals surface area contributed by atoms with Crippen LogP contribution in [0.25, 0.3) is 5.82 Å². The van der Waals surface area contributed by atoms with Gasteiger partial charge in [0.2, 0.25) is 0 Å². The molecule has 5 nitrogen and oxygen atoms in total. The molecule has 0 bridgehead atoms. The third-order valence-electron chi connectivity index (χ3n) is 4.60. The normalized spacial score (nSPS) is 11.5. The molecule has 0 radical (unpaired) electrons. The Bertz CT molecular complexity index is 670. The van der Waals surface area contributed by atoms with E-state index in [1.165, 1.54) is 0 Å². The van der Waals surface area contributed by atoms with Crippen LogP contribution in [0.5, 0.6) is 0 Å². The fraction of sp³-hybridized carbons (Fsp3) is 0.471. The van der Waals surface area contributed by atoms with Crippen molar-refractivity contribution in [2.75, 3.05) is 0 Å². The number of pyridine rings is 1. The first-order valence-electron chi connectivity index (χ1n) is 8.19. The molecule has 0 atom stereocenters. The van der Waals surface area contributed by atoms with Crippen LogP contribution in [-0.4, -0.2) is 39.5 Å². The summed E-state index contributed by atoms with van der Waals surface area (Å²) in [6, 6.07) is 5.64. The third kappa shape index (κ3) is 3.59. The molecule has 0 saturated carbocycles. The Morgan fingerprint density at radius 3 is 2.35 bits per heavy atom. The summed E-state index contributed by atoms with van der Waals surface area (Å²) in [5, 5.41) is 4.49. The van der Waals surface area contributed by atoms with Gasteiger partial charge in [-0.3, -0.25) is 0 Å². The number of hydrogen-bond donors (Lipinski definition) is 0. The van der Waals surface area contributed by atoms with Gasteiger partial charge in [0, 0.05) is 0 Å². The third-order valence-corrected chi connectivity index (χ3v) is 17.4. The van der Waals surface area contributed by atoms with Gasteiger partial charge < -0.3 is 0 Å². The predicted molar refractivity (Wildman–Crippen MR) is 93.4 cm³/mol. The van der Waals surface area contributed by atoms with Crippen molar-refractivity contribution >= 4 is 24.8 Å². The summed E-state index contributed by atoms with van der Waals surface area (Å²) in [6.45, 7) is 10.2. The van der Waals surface area contributed by atoms with Gasteiger partial charge in [0.25, 0.3) is 0 Å². The summed E-state index contributed by atoms with van der Waals surface area (Å²) in [4.78, 5) is 17.1. The molecule has 2 aromatic heterocycles. The molecule has 0 fully saturated rings. The summed E-state index contributed by atoms with van der Waals surface area (Å²) in [7, 11) is 0. The van der Waals surface area contributed by atoms with Crippen molar-refractivity contribution in [3.63, 3.8) is 0 Å². The van der Waals surface area contributed by atoms with E-state index in [0.29, 0.717) is 17.1 Å². The van der Waals surface area contributed by atoms with Gasteiger partial charge in [-0.05, 0) is 0 Å². The summed E-state index contributed by atoms with van der Waals surface area (Å²) < 4.78 is 10.8. The Balaban J connectivity index is 2.37. The van der Waals surface area contributed by atoms with E-state index in [2.05, 4.69) is 30.9 Å². The van der Waals surface area contributed by atoms with Gasteiger partial charge in [-0.1, -0.05) is 0 Å². The zero-order valence-corrected chi connectivity index (χ0v) is 17.4. The van der Waals surface area contributed by atoms with Crippen LogP contribution >= 0.6 is 0 Å². The van der Waals surface area contributed by atoms with Crippen molar-refractivity contribution in [3.8, 4) is 5.82 Å². The Labute approximate surface area is 142 Å². The number of hydrogen-bond acceptors (Lipinski definition) is 4. The summed E-state index contributed by atoms with van der Waals surface area (Å²) in [5.41, 5.74) is 2.07. The Morgan fingerprint density at radius 2 is 1.83 bits per heavy atom. The minimum atomic E-state index is -2.79. The molecule has 0 aromatic carbocycles. The monoisotopic (exact) mass is 423 g/mol. The first-order chi connectivity index (χ1) is 11.0. The first kappa shape index (κ1) is 18.0. The number of aryl methyl sites for hydroxylation is 1. The van der Waals surface area contributed by atoms with Crippen LogP contribution in [-0.2, 0) is 3.07 Å². The molecule has 0 saturated heterocycles. The zero-order valence-electron chi connectivity index (χ0n) is 14.6. The van der Waals surface area contributed by atoms with E-state index >= 15 is 0 Å². The van der Waals surface area contributed by atoms with Crippen LogP contribution in [0.1, 0.15) is 42.5 Å². The zero-order chi connectivity index (χ0) is 17.0. The Hall–Kier alpha value is -1.37. The van der Waals surface area contributed by atoms with E-state index < -0.39 is 18.8 Å². The molecule has 2 aromatic rings. The van der Waals surface area contributed by atoms with Crippen LogP contribution in [0.3, 0.4) is 0 Å². The average Bonchev–Trinajstić information content (AvgIpc) is 2.88.